The van der Waals surface area contributed by atoms with Gasteiger partial charge in [-0.15, -0.1) is 0 Å². The van der Waals surface area contributed by atoms with E-state index < -0.39 is 18.0 Å². The maximum Gasteiger partial charge on any atom is 0.326 e. The predicted octanol–water partition coefficient (Wildman–Crippen LogP) is -0.358. The molecule has 1 unspecified atom stereocenters. The Labute approximate surface area is 106 Å². The average Bonchev–Trinajstić information content (AvgIpc) is 2.38. The largest absolute Gasteiger partial charge is 0.480 e. The SMILES string of the molecule is CCC[C@@H](NC(=O)N1CCOC(CO)C1)C(=O)O. The van der Waals surface area contributed by atoms with Crippen molar-refractivity contribution in [2.24, 2.45) is 0 Å². The first-order valence-corrected chi connectivity index (χ1v) is 6.09. The van der Waals surface area contributed by atoms with Crippen LogP contribution in [0.3, 0.4) is 0 Å². The molecular weight excluding hydrogens is 240 g/mol. The fourth-order valence-corrected chi connectivity index (χ4v) is 1.80. The van der Waals surface area contributed by atoms with E-state index in [-0.39, 0.29) is 19.3 Å². The minimum Gasteiger partial charge on any atom is -0.480 e. The Bertz CT molecular complexity index is 297. The van der Waals surface area contributed by atoms with Gasteiger partial charge in [0.2, 0.25) is 0 Å². The molecule has 2 amide bonds. The Morgan fingerprint density at radius 3 is 2.83 bits per heavy atom. The molecule has 0 spiro atoms. The van der Waals surface area contributed by atoms with Crippen LogP contribution in [-0.4, -0.2) is 65.6 Å². The van der Waals surface area contributed by atoms with Crippen LogP contribution in [-0.2, 0) is 9.53 Å². The van der Waals surface area contributed by atoms with Crippen molar-refractivity contribution in [2.45, 2.75) is 31.9 Å². The number of amides is 2. The maximum atomic E-state index is 11.9. The van der Waals surface area contributed by atoms with Gasteiger partial charge in [0.15, 0.2) is 0 Å². The van der Waals surface area contributed by atoms with Gasteiger partial charge in [-0.3, -0.25) is 0 Å². The molecule has 0 aromatic carbocycles. The Balaban J connectivity index is 2.50. The number of urea groups is 1. The molecule has 1 fully saturated rings. The van der Waals surface area contributed by atoms with Crippen molar-refractivity contribution in [1.82, 2.24) is 10.2 Å². The maximum absolute atomic E-state index is 11.9. The molecule has 3 N–H and O–H groups in total. The molecule has 7 heteroatoms. The summed E-state index contributed by atoms with van der Waals surface area (Å²) in [5, 5.41) is 20.4. The molecule has 104 valence electrons. The number of hydrogen-bond acceptors (Lipinski definition) is 4. The highest BCUT2D eigenvalue weighted by Gasteiger charge is 2.26. The van der Waals surface area contributed by atoms with E-state index in [1.165, 1.54) is 4.90 Å². The van der Waals surface area contributed by atoms with Crippen LogP contribution in [0, 0.1) is 0 Å². The summed E-state index contributed by atoms with van der Waals surface area (Å²) < 4.78 is 5.22. The van der Waals surface area contributed by atoms with E-state index in [4.69, 9.17) is 14.9 Å². The van der Waals surface area contributed by atoms with Gasteiger partial charge in [0.25, 0.3) is 0 Å². The molecular formula is C11H20N2O5. The third-order valence-electron chi connectivity index (χ3n) is 2.80. The topological polar surface area (TPSA) is 99.1 Å². The van der Waals surface area contributed by atoms with Crippen LogP contribution < -0.4 is 5.32 Å². The Hall–Kier alpha value is -1.34. The molecule has 2 atom stereocenters. The van der Waals surface area contributed by atoms with Crippen LogP contribution in [0.15, 0.2) is 0 Å². The number of aliphatic hydroxyl groups excluding tert-OH is 1. The van der Waals surface area contributed by atoms with E-state index >= 15 is 0 Å². The lowest BCUT2D eigenvalue weighted by Gasteiger charge is -2.32. The highest BCUT2D eigenvalue weighted by Crippen LogP contribution is 2.06. The van der Waals surface area contributed by atoms with E-state index in [0.717, 1.165) is 0 Å². The molecule has 1 aliphatic heterocycles. The van der Waals surface area contributed by atoms with Crippen molar-refractivity contribution in [3.05, 3.63) is 0 Å². The second-order valence-electron chi connectivity index (χ2n) is 4.25. The lowest BCUT2D eigenvalue weighted by atomic mass is 10.2. The number of aliphatic carboxylic acids is 1. The summed E-state index contributed by atoms with van der Waals surface area (Å²) in [4.78, 5) is 24.3. The first kappa shape index (κ1) is 14.7. The molecule has 0 aromatic heterocycles. The third-order valence-corrected chi connectivity index (χ3v) is 2.80. The lowest BCUT2D eigenvalue weighted by Crippen LogP contribution is -2.53. The number of rotatable bonds is 5. The molecule has 1 saturated heterocycles. The van der Waals surface area contributed by atoms with Crippen molar-refractivity contribution < 1.29 is 24.5 Å². The van der Waals surface area contributed by atoms with E-state index in [1.807, 2.05) is 6.92 Å². The van der Waals surface area contributed by atoms with E-state index in [0.29, 0.717) is 26.0 Å². The zero-order valence-electron chi connectivity index (χ0n) is 10.5. The minimum absolute atomic E-state index is 0.152. The van der Waals surface area contributed by atoms with Crippen molar-refractivity contribution in [3.63, 3.8) is 0 Å². The summed E-state index contributed by atoms with van der Waals surface area (Å²) in [6.45, 7) is 2.74. The number of morpholine rings is 1. The number of carbonyl (C=O) groups excluding carboxylic acids is 1. The fourth-order valence-electron chi connectivity index (χ4n) is 1.80. The van der Waals surface area contributed by atoms with Gasteiger partial charge in [0.1, 0.15) is 6.04 Å². The summed E-state index contributed by atoms with van der Waals surface area (Å²) in [7, 11) is 0. The van der Waals surface area contributed by atoms with Crippen LogP contribution in [0.4, 0.5) is 4.79 Å². The molecule has 0 aliphatic carbocycles. The number of nitrogens with one attached hydrogen (secondary N) is 1. The van der Waals surface area contributed by atoms with Crippen LogP contribution in [0.5, 0.6) is 0 Å². The van der Waals surface area contributed by atoms with Crippen LogP contribution in [0.1, 0.15) is 19.8 Å². The van der Waals surface area contributed by atoms with E-state index in [9.17, 15) is 9.59 Å². The van der Waals surface area contributed by atoms with Gasteiger partial charge in [0.05, 0.1) is 25.9 Å². The Morgan fingerprint density at radius 2 is 2.28 bits per heavy atom. The summed E-state index contributed by atoms with van der Waals surface area (Å²) in [6, 6.07) is -1.28. The zero-order chi connectivity index (χ0) is 13.5. The number of carbonyl (C=O) groups is 2. The van der Waals surface area contributed by atoms with Gasteiger partial charge in [-0.2, -0.15) is 0 Å². The first-order chi connectivity index (χ1) is 8.58. The second kappa shape index (κ2) is 7.17. The second-order valence-corrected chi connectivity index (χ2v) is 4.25. The lowest BCUT2D eigenvalue weighted by molar-refractivity contribution is -0.139. The quantitative estimate of drug-likeness (QED) is 0.627. The van der Waals surface area contributed by atoms with Gasteiger partial charge in [-0.1, -0.05) is 13.3 Å². The van der Waals surface area contributed by atoms with Crippen LogP contribution in [0.2, 0.25) is 0 Å². The van der Waals surface area contributed by atoms with Gasteiger partial charge in [-0.25, -0.2) is 9.59 Å². The predicted molar refractivity (Wildman–Crippen MR) is 63.3 cm³/mol. The molecule has 7 nitrogen and oxygen atoms in total. The van der Waals surface area contributed by atoms with Gasteiger partial charge in [-0.05, 0) is 6.42 Å². The fraction of sp³-hybridized carbons (Fsp3) is 0.818. The standard InChI is InChI=1S/C11H20N2O5/c1-2-3-9(10(15)16)12-11(17)13-4-5-18-8(6-13)7-14/h8-9,14H,2-7H2,1H3,(H,12,17)(H,15,16)/t8?,9-/m1/s1. The normalized spacial score (nSPS) is 21.4. The van der Waals surface area contributed by atoms with Gasteiger partial charge < -0.3 is 25.2 Å². The van der Waals surface area contributed by atoms with Crippen LogP contribution >= 0.6 is 0 Å². The Morgan fingerprint density at radius 1 is 1.56 bits per heavy atom. The summed E-state index contributed by atoms with van der Waals surface area (Å²) >= 11 is 0. The van der Waals surface area contributed by atoms with Crippen molar-refractivity contribution in [1.29, 1.82) is 0 Å². The van der Waals surface area contributed by atoms with E-state index in [2.05, 4.69) is 5.32 Å². The van der Waals surface area contributed by atoms with Crippen molar-refractivity contribution >= 4 is 12.0 Å². The molecule has 1 heterocycles. The van der Waals surface area contributed by atoms with Crippen molar-refractivity contribution in [2.75, 3.05) is 26.3 Å². The zero-order valence-corrected chi connectivity index (χ0v) is 10.5. The number of ether oxygens (including phenoxy) is 1. The van der Waals surface area contributed by atoms with Gasteiger partial charge >= 0.3 is 12.0 Å². The molecule has 0 bridgehead atoms. The average molecular weight is 260 g/mol. The van der Waals surface area contributed by atoms with E-state index in [1.54, 1.807) is 0 Å². The summed E-state index contributed by atoms with van der Waals surface area (Å²) in [5.41, 5.74) is 0. The monoisotopic (exact) mass is 260 g/mol. The summed E-state index contributed by atoms with van der Waals surface area (Å²) in [5.74, 6) is -1.03. The first-order valence-electron chi connectivity index (χ1n) is 6.09. The molecule has 1 aliphatic rings. The number of aliphatic hydroxyl groups is 1. The minimum atomic E-state index is -1.03. The number of hydrogen-bond donors (Lipinski definition) is 3. The Kier molecular flexibility index (Phi) is 5.87. The van der Waals surface area contributed by atoms with Crippen LogP contribution in [0.25, 0.3) is 0 Å². The molecule has 18 heavy (non-hydrogen) atoms. The molecule has 1 rings (SSSR count). The van der Waals surface area contributed by atoms with Crippen molar-refractivity contribution in [3.8, 4) is 0 Å². The molecule has 0 saturated carbocycles. The smallest absolute Gasteiger partial charge is 0.326 e. The highest BCUT2D eigenvalue weighted by atomic mass is 16.5. The van der Waals surface area contributed by atoms with Gasteiger partial charge in [0, 0.05) is 6.54 Å². The third kappa shape index (κ3) is 4.15. The number of nitrogens with zero attached hydrogens (tertiary/aromatic N) is 1. The number of carboxylic acid groups (broad SMARTS) is 1. The summed E-state index contributed by atoms with van der Waals surface area (Å²) in [6.07, 6.45) is 0.688. The molecule has 0 aromatic rings. The number of carboxylic acids is 1. The molecule has 0 radical (unpaired) electrons. The highest BCUT2D eigenvalue weighted by molar-refractivity contribution is 5.82.